The SMILES string of the molecule is C=CCCNCc1ccc(-c2ccc(C(=O)c3ccc(Cl)c(Cl)c3)cc2)cc1.Cl. The van der Waals surface area contributed by atoms with E-state index in [2.05, 4.69) is 36.2 Å². The number of carbonyl (C=O) groups excluding carboxylic acids is 1. The highest BCUT2D eigenvalue weighted by molar-refractivity contribution is 6.42. The van der Waals surface area contributed by atoms with Gasteiger partial charge in [-0.15, -0.1) is 19.0 Å². The Bertz CT molecular complexity index is 966. The molecule has 3 rings (SSSR count). The lowest BCUT2D eigenvalue weighted by molar-refractivity contribution is 0.103. The fourth-order valence-corrected chi connectivity index (χ4v) is 3.17. The molecule has 0 bridgehead atoms. The summed E-state index contributed by atoms with van der Waals surface area (Å²) in [6.45, 7) is 5.49. The van der Waals surface area contributed by atoms with E-state index in [1.807, 2.05) is 30.3 Å². The monoisotopic (exact) mass is 445 g/mol. The topological polar surface area (TPSA) is 29.1 Å². The Morgan fingerprint density at radius 1 is 0.862 bits per heavy atom. The fraction of sp³-hybridized carbons (Fsp3) is 0.125. The molecule has 0 radical (unpaired) electrons. The van der Waals surface area contributed by atoms with Crippen LogP contribution in [0.25, 0.3) is 11.1 Å². The molecule has 5 heteroatoms. The van der Waals surface area contributed by atoms with E-state index in [0.717, 1.165) is 30.6 Å². The molecule has 0 saturated carbocycles. The third-order valence-corrected chi connectivity index (χ3v) is 5.21. The molecular formula is C24H22Cl3NO. The van der Waals surface area contributed by atoms with E-state index in [1.54, 1.807) is 18.2 Å². The molecule has 1 N–H and O–H groups in total. The third kappa shape index (κ3) is 6.19. The minimum absolute atomic E-state index is 0. The van der Waals surface area contributed by atoms with Crippen LogP contribution in [0.15, 0.2) is 79.4 Å². The smallest absolute Gasteiger partial charge is 0.193 e. The lowest BCUT2D eigenvalue weighted by atomic mass is 9.99. The molecule has 0 aliphatic heterocycles. The fourth-order valence-electron chi connectivity index (χ4n) is 2.87. The lowest BCUT2D eigenvalue weighted by Crippen LogP contribution is -2.13. The molecule has 3 aromatic rings. The Hall–Kier alpha value is -2.10. The molecule has 0 saturated heterocycles. The van der Waals surface area contributed by atoms with Gasteiger partial charge in [0.05, 0.1) is 10.0 Å². The number of benzene rings is 3. The number of halogens is 3. The van der Waals surface area contributed by atoms with Crippen LogP contribution in [0.3, 0.4) is 0 Å². The minimum Gasteiger partial charge on any atom is -0.312 e. The molecule has 0 atom stereocenters. The van der Waals surface area contributed by atoms with Crippen LogP contribution in [0.4, 0.5) is 0 Å². The molecule has 0 fully saturated rings. The molecule has 2 nitrogen and oxygen atoms in total. The third-order valence-electron chi connectivity index (χ3n) is 4.47. The summed E-state index contributed by atoms with van der Waals surface area (Å²) in [5, 5.41) is 4.19. The Morgan fingerprint density at radius 2 is 1.45 bits per heavy atom. The van der Waals surface area contributed by atoms with Crippen LogP contribution < -0.4 is 5.32 Å². The number of rotatable bonds is 8. The Labute approximate surface area is 188 Å². The van der Waals surface area contributed by atoms with Gasteiger partial charge in [0.15, 0.2) is 5.78 Å². The summed E-state index contributed by atoms with van der Waals surface area (Å²) in [6.07, 6.45) is 2.87. The molecular weight excluding hydrogens is 425 g/mol. The molecule has 0 unspecified atom stereocenters. The first-order chi connectivity index (χ1) is 13.6. The summed E-state index contributed by atoms with van der Waals surface area (Å²) in [4.78, 5) is 12.6. The quantitative estimate of drug-likeness (QED) is 0.230. The molecule has 29 heavy (non-hydrogen) atoms. The predicted molar refractivity (Wildman–Crippen MR) is 126 cm³/mol. The lowest BCUT2D eigenvalue weighted by Gasteiger charge is -2.07. The first-order valence-corrected chi connectivity index (χ1v) is 9.85. The van der Waals surface area contributed by atoms with Crippen LogP contribution in [0, 0.1) is 0 Å². The maximum atomic E-state index is 12.6. The summed E-state index contributed by atoms with van der Waals surface area (Å²) >= 11 is 11.9. The molecule has 0 spiro atoms. The molecule has 150 valence electrons. The molecule has 0 heterocycles. The van der Waals surface area contributed by atoms with Gasteiger partial charge in [0.1, 0.15) is 0 Å². The van der Waals surface area contributed by atoms with E-state index in [4.69, 9.17) is 23.2 Å². The zero-order valence-electron chi connectivity index (χ0n) is 15.8. The van der Waals surface area contributed by atoms with Crippen molar-refractivity contribution in [3.05, 3.63) is 106 Å². The first kappa shape index (κ1) is 23.2. The normalized spacial score (nSPS) is 10.3. The van der Waals surface area contributed by atoms with Gasteiger partial charge >= 0.3 is 0 Å². The summed E-state index contributed by atoms with van der Waals surface area (Å²) in [6, 6.07) is 20.9. The second kappa shape index (κ2) is 11.2. The van der Waals surface area contributed by atoms with E-state index >= 15 is 0 Å². The van der Waals surface area contributed by atoms with Crippen LogP contribution in [0.2, 0.25) is 10.0 Å². The van der Waals surface area contributed by atoms with Crippen molar-refractivity contribution >= 4 is 41.4 Å². The Balaban J connectivity index is 0.00000300. The van der Waals surface area contributed by atoms with Crippen molar-refractivity contribution in [3.8, 4) is 11.1 Å². The van der Waals surface area contributed by atoms with Crippen molar-refractivity contribution in [2.75, 3.05) is 6.54 Å². The highest BCUT2D eigenvalue weighted by Crippen LogP contribution is 2.25. The number of ketones is 1. The molecule has 0 aromatic heterocycles. The highest BCUT2D eigenvalue weighted by atomic mass is 35.5. The second-order valence-electron chi connectivity index (χ2n) is 6.49. The Kier molecular flexibility index (Phi) is 8.94. The van der Waals surface area contributed by atoms with E-state index in [9.17, 15) is 4.79 Å². The zero-order chi connectivity index (χ0) is 19.9. The summed E-state index contributed by atoms with van der Waals surface area (Å²) in [7, 11) is 0. The average Bonchev–Trinajstić information content (AvgIpc) is 2.73. The van der Waals surface area contributed by atoms with Crippen LogP contribution in [0.1, 0.15) is 27.9 Å². The number of hydrogen-bond acceptors (Lipinski definition) is 2. The van der Waals surface area contributed by atoms with Crippen molar-refractivity contribution in [2.45, 2.75) is 13.0 Å². The van der Waals surface area contributed by atoms with Crippen LogP contribution in [-0.4, -0.2) is 12.3 Å². The first-order valence-electron chi connectivity index (χ1n) is 9.09. The van der Waals surface area contributed by atoms with Gasteiger partial charge in [0, 0.05) is 17.7 Å². The van der Waals surface area contributed by atoms with Gasteiger partial charge in [-0.2, -0.15) is 0 Å². The molecule has 0 aliphatic carbocycles. The second-order valence-corrected chi connectivity index (χ2v) is 7.30. The van der Waals surface area contributed by atoms with Crippen LogP contribution in [-0.2, 0) is 6.54 Å². The maximum Gasteiger partial charge on any atom is 0.193 e. The van der Waals surface area contributed by atoms with E-state index in [1.165, 1.54) is 5.56 Å². The molecule has 0 aliphatic rings. The molecule has 3 aromatic carbocycles. The van der Waals surface area contributed by atoms with Crippen molar-refractivity contribution in [1.82, 2.24) is 5.32 Å². The number of hydrogen-bond donors (Lipinski definition) is 1. The van der Waals surface area contributed by atoms with E-state index in [0.29, 0.717) is 21.2 Å². The molecule has 0 amide bonds. The number of nitrogens with one attached hydrogen (secondary N) is 1. The summed E-state index contributed by atoms with van der Waals surface area (Å²) in [5.74, 6) is -0.0777. The van der Waals surface area contributed by atoms with Crippen molar-refractivity contribution in [3.63, 3.8) is 0 Å². The van der Waals surface area contributed by atoms with Crippen molar-refractivity contribution in [2.24, 2.45) is 0 Å². The average molecular weight is 447 g/mol. The van der Waals surface area contributed by atoms with Crippen molar-refractivity contribution < 1.29 is 4.79 Å². The van der Waals surface area contributed by atoms with E-state index < -0.39 is 0 Å². The van der Waals surface area contributed by atoms with Crippen molar-refractivity contribution in [1.29, 1.82) is 0 Å². The summed E-state index contributed by atoms with van der Waals surface area (Å²) < 4.78 is 0. The predicted octanol–water partition coefficient (Wildman–Crippen LogP) is 6.98. The highest BCUT2D eigenvalue weighted by Gasteiger charge is 2.11. The largest absolute Gasteiger partial charge is 0.312 e. The van der Waals surface area contributed by atoms with E-state index in [-0.39, 0.29) is 18.2 Å². The van der Waals surface area contributed by atoms with Gasteiger partial charge in [-0.25, -0.2) is 0 Å². The zero-order valence-corrected chi connectivity index (χ0v) is 18.2. The van der Waals surface area contributed by atoms with Crippen LogP contribution in [0.5, 0.6) is 0 Å². The van der Waals surface area contributed by atoms with Gasteiger partial charge in [-0.05, 0) is 47.9 Å². The minimum atomic E-state index is -0.0777. The van der Waals surface area contributed by atoms with Gasteiger partial charge in [-0.3, -0.25) is 4.79 Å². The maximum absolute atomic E-state index is 12.6. The Morgan fingerprint density at radius 3 is 2.03 bits per heavy atom. The number of carbonyl (C=O) groups is 1. The van der Waals surface area contributed by atoms with Crippen LogP contribution >= 0.6 is 35.6 Å². The standard InChI is InChI=1S/C24H21Cl2NO.ClH/c1-2-3-14-27-16-17-4-6-18(7-5-17)19-8-10-20(11-9-19)24(28)21-12-13-22(25)23(26)15-21;/h2,4-13,15,27H,1,3,14,16H2;1H. The van der Waals surface area contributed by atoms with Gasteiger partial charge < -0.3 is 5.32 Å². The van der Waals surface area contributed by atoms with Gasteiger partial charge in [-0.1, -0.05) is 77.8 Å². The van der Waals surface area contributed by atoms with Gasteiger partial charge in [0.25, 0.3) is 0 Å². The van der Waals surface area contributed by atoms with Gasteiger partial charge in [0.2, 0.25) is 0 Å². The summed E-state index contributed by atoms with van der Waals surface area (Å²) in [5.41, 5.74) is 4.56.